The van der Waals surface area contributed by atoms with E-state index >= 15 is 0 Å². The van der Waals surface area contributed by atoms with Crippen LogP contribution in [-0.2, 0) is 16.1 Å². The molecule has 1 heterocycles. The summed E-state index contributed by atoms with van der Waals surface area (Å²) in [6, 6.07) is 13.1. The largest absolute Gasteiger partial charge is 0.493 e. The van der Waals surface area contributed by atoms with E-state index in [1.165, 1.54) is 0 Å². The fourth-order valence-corrected chi connectivity index (χ4v) is 3.50. The predicted molar refractivity (Wildman–Crippen MR) is 113 cm³/mol. The molecule has 1 saturated heterocycles. The van der Waals surface area contributed by atoms with Gasteiger partial charge in [-0.25, -0.2) is 0 Å². The van der Waals surface area contributed by atoms with Gasteiger partial charge in [0.2, 0.25) is 11.8 Å². The molecule has 3 rings (SSSR count). The average Bonchev–Trinajstić information content (AvgIpc) is 3.13. The second-order valence-corrected chi connectivity index (χ2v) is 7.08. The fraction of sp³-hybridized carbons (Fsp3) is 0.364. The Kier molecular flexibility index (Phi) is 6.72. The number of anilines is 2. The van der Waals surface area contributed by atoms with Crippen molar-refractivity contribution in [3.63, 3.8) is 0 Å². The number of ether oxygens (including phenoxy) is 2. The van der Waals surface area contributed by atoms with E-state index in [1.807, 2.05) is 54.4 Å². The van der Waals surface area contributed by atoms with Crippen LogP contribution >= 0.6 is 0 Å². The number of carbonyl (C=O) groups is 2. The highest BCUT2D eigenvalue weighted by Gasteiger charge is 2.24. The van der Waals surface area contributed by atoms with E-state index in [2.05, 4.69) is 5.32 Å². The summed E-state index contributed by atoms with van der Waals surface area (Å²) in [6.45, 7) is 1.49. The number of nitrogens with zero attached hydrogens (tertiary/aromatic N) is 2. The lowest BCUT2D eigenvalue weighted by molar-refractivity contribution is -0.118. The minimum Gasteiger partial charge on any atom is -0.493 e. The molecule has 2 aromatic carbocycles. The van der Waals surface area contributed by atoms with Crippen molar-refractivity contribution in [1.29, 1.82) is 0 Å². The molecule has 1 fully saturated rings. The third-order valence-corrected chi connectivity index (χ3v) is 4.86. The topological polar surface area (TPSA) is 71.1 Å². The van der Waals surface area contributed by atoms with Gasteiger partial charge in [0.25, 0.3) is 0 Å². The Balaban J connectivity index is 1.62. The highest BCUT2D eigenvalue weighted by atomic mass is 16.5. The molecule has 7 nitrogen and oxygen atoms in total. The quantitative estimate of drug-likeness (QED) is 0.742. The lowest BCUT2D eigenvalue weighted by Crippen LogP contribution is -2.31. The molecule has 2 amide bonds. The van der Waals surface area contributed by atoms with Crippen LogP contribution in [0, 0.1) is 0 Å². The Morgan fingerprint density at radius 1 is 1.14 bits per heavy atom. The van der Waals surface area contributed by atoms with Crippen LogP contribution in [0.5, 0.6) is 11.5 Å². The Morgan fingerprint density at radius 2 is 1.90 bits per heavy atom. The molecule has 0 bridgehead atoms. The normalized spacial score (nSPS) is 13.7. The maximum atomic E-state index is 12.6. The summed E-state index contributed by atoms with van der Waals surface area (Å²) < 4.78 is 10.6. The van der Waals surface area contributed by atoms with E-state index in [0.29, 0.717) is 36.7 Å². The molecule has 2 aromatic rings. The van der Waals surface area contributed by atoms with Crippen LogP contribution in [-0.4, -0.2) is 51.1 Å². The summed E-state index contributed by atoms with van der Waals surface area (Å²) in [5.74, 6) is 1.29. The summed E-state index contributed by atoms with van der Waals surface area (Å²) in [5.41, 5.74) is 2.43. The number of hydrogen-bond acceptors (Lipinski definition) is 5. The second kappa shape index (κ2) is 9.43. The zero-order chi connectivity index (χ0) is 20.8. The van der Waals surface area contributed by atoms with E-state index in [0.717, 1.165) is 17.7 Å². The first-order valence-electron chi connectivity index (χ1n) is 9.60. The molecule has 1 aliphatic rings. The summed E-state index contributed by atoms with van der Waals surface area (Å²) in [5, 5.41) is 2.95. The van der Waals surface area contributed by atoms with Crippen LogP contribution in [0.15, 0.2) is 42.5 Å². The molecular formula is C22H27N3O4. The highest BCUT2D eigenvalue weighted by Crippen LogP contribution is 2.30. The molecule has 0 spiro atoms. The number of nitrogens with one attached hydrogen (secondary N) is 1. The van der Waals surface area contributed by atoms with Crippen molar-refractivity contribution in [2.45, 2.75) is 19.4 Å². The molecule has 1 aliphatic heterocycles. The van der Waals surface area contributed by atoms with Gasteiger partial charge in [-0.1, -0.05) is 18.2 Å². The lowest BCUT2D eigenvalue weighted by atomic mass is 10.2. The van der Waals surface area contributed by atoms with Crippen molar-refractivity contribution in [2.75, 3.05) is 44.6 Å². The van der Waals surface area contributed by atoms with Crippen molar-refractivity contribution >= 4 is 23.2 Å². The smallest absolute Gasteiger partial charge is 0.238 e. The molecule has 0 radical (unpaired) electrons. The molecular weight excluding hydrogens is 370 g/mol. The van der Waals surface area contributed by atoms with Crippen molar-refractivity contribution in [1.82, 2.24) is 4.90 Å². The van der Waals surface area contributed by atoms with E-state index in [9.17, 15) is 9.59 Å². The third-order valence-electron chi connectivity index (χ3n) is 4.86. The first kappa shape index (κ1) is 20.7. The number of likely N-dealkylation sites (N-methyl/N-ethyl adjacent to an activating group) is 1. The SMILES string of the molecule is COc1ccc(CN(C)CC(=O)Nc2ccccc2N2CCCC2=O)cc1OC. The first-order chi connectivity index (χ1) is 14.0. The van der Waals surface area contributed by atoms with Crippen LogP contribution in [0.2, 0.25) is 0 Å². The molecule has 29 heavy (non-hydrogen) atoms. The van der Waals surface area contributed by atoms with Gasteiger partial charge < -0.3 is 19.7 Å². The van der Waals surface area contributed by atoms with Crippen molar-refractivity contribution < 1.29 is 19.1 Å². The number of para-hydroxylation sites is 2. The summed E-state index contributed by atoms with van der Waals surface area (Å²) >= 11 is 0. The van der Waals surface area contributed by atoms with Crippen molar-refractivity contribution in [3.8, 4) is 11.5 Å². The van der Waals surface area contributed by atoms with Crippen LogP contribution in [0.25, 0.3) is 0 Å². The Bertz CT molecular complexity index is 884. The number of benzene rings is 2. The molecule has 154 valence electrons. The third kappa shape index (κ3) is 5.06. The van der Waals surface area contributed by atoms with Gasteiger partial charge >= 0.3 is 0 Å². The monoisotopic (exact) mass is 397 g/mol. The van der Waals surface area contributed by atoms with Crippen molar-refractivity contribution in [3.05, 3.63) is 48.0 Å². The standard InChI is InChI=1S/C22H27N3O4/c1-24(14-16-10-11-19(28-2)20(13-16)29-3)15-21(26)23-17-7-4-5-8-18(17)25-12-6-9-22(25)27/h4-5,7-8,10-11,13H,6,9,12,14-15H2,1-3H3,(H,23,26). The van der Waals surface area contributed by atoms with Gasteiger partial charge in [-0.05, 0) is 43.3 Å². The maximum Gasteiger partial charge on any atom is 0.238 e. The maximum absolute atomic E-state index is 12.6. The van der Waals surface area contributed by atoms with Crippen LogP contribution in [0.3, 0.4) is 0 Å². The number of methoxy groups -OCH3 is 2. The van der Waals surface area contributed by atoms with E-state index in [1.54, 1.807) is 19.1 Å². The molecule has 0 atom stereocenters. The second-order valence-electron chi connectivity index (χ2n) is 7.08. The Labute approximate surface area is 171 Å². The van der Waals surface area contributed by atoms with Gasteiger partial charge in [-0.3, -0.25) is 14.5 Å². The van der Waals surface area contributed by atoms with Gasteiger partial charge in [0.15, 0.2) is 11.5 Å². The summed E-state index contributed by atoms with van der Waals surface area (Å²) in [6.07, 6.45) is 1.39. The zero-order valence-corrected chi connectivity index (χ0v) is 17.1. The lowest BCUT2D eigenvalue weighted by Gasteiger charge is -2.21. The number of hydrogen-bond donors (Lipinski definition) is 1. The summed E-state index contributed by atoms with van der Waals surface area (Å²) in [7, 11) is 5.08. The van der Waals surface area contributed by atoms with E-state index in [-0.39, 0.29) is 18.4 Å². The Hall–Kier alpha value is -3.06. The van der Waals surface area contributed by atoms with E-state index < -0.39 is 0 Å². The molecule has 7 heteroatoms. The van der Waals surface area contributed by atoms with Gasteiger partial charge in [-0.15, -0.1) is 0 Å². The number of rotatable bonds is 8. The minimum absolute atomic E-state index is 0.0947. The number of carbonyl (C=O) groups excluding carboxylic acids is 2. The van der Waals surface area contributed by atoms with Gasteiger partial charge in [0.05, 0.1) is 32.1 Å². The molecule has 0 aromatic heterocycles. The molecule has 0 unspecified atom stereocenters. The predicted octanol–water partition coefficient (Wildman–Crippen LogP) is 2.90. The van der Waals surface area contributed by atoms with Gasteiger partial charge in [-0.2, -0.15) is 0 Å². The Morgan fingerprint density at radius 3 is 2.59 bits per heavy atom. The fourth-order valence-electron chi connectivity index (χ4n) is 3.50. The van der Waals surface area contributed by atoms with E-state index in [4.69, 9.17) is 9.47 Å². The molecule has 0 saturated carbocycles. The first-order valence-corrected chi connectivity index (χ1v) is 9.60. The van der Waals surface area contributed by atoms with Crippen LogP contribution in [0.4, 0.5) is 11.4 Å². The van der Waals surface area contributed by atoms with Crippen LogP contribution < -0.4 is 19.7 Å². The summed E-state index contributed by atoms with van der Waals surface area (Å²) in [4.78, 5) is 28.3. The van der Waals surface area contributed by atoms with Gasteiger partial charge in [0, 0.05) is 19.5 Å². The molecule has 1 N–H and O–H groups in total. The van der Waals surface area contributed by atoms with Crippen LogP contribution in [0.1, 0.15) is 18.4 Å². The average molecular weight is 397 g/mol. The highest BCUT2D eigenvalue weighted by molar-refractivity contribution is 6.02. The minimum atomic E-state index is -0.132. The van der Waals surface area contributed by atoms with Gasteiger partial charge in [0.1, 0.15) is 0 Å². The van der Waals surface area contributed by atoms with Crippen molar-refractivity contribution in [2.24, 2.45) is 0 Å². The molecule has 0 aliphatic carbocycles. The zero-order valence-electron chi connectivity index (χ0n) is 17.1. The number of amides is 2.